The van der Waals surface area contributed by atoms with E-state index in [4.69, 9.17) is 9.47 Å². The molecular weight excluding hydrogens is 473 g/mol. The van der Waals surface area contributed by atoms with E-state index < -0.39 is 32.8 Å². The number of nitrogens with zero attached hydrogens (tertiary/aromatic N) is 2. The molecule has 1 saturated heterocycles. The Morgan fingerprint density at radius 3 is 2.70 bits per heavy atom. The molecule has 9 nitrogen and oxygen atoms in total. The van der Waals surface area contributed by atoms with Crippen LogP contribution in [0.1, 0.15) is 39.7 Å². The van der Waals surface area contributed by atoms with E-state index in [-0.39, 0.29) is 43.3 Å². The SMILES string of the molecule is Cc1sc2nc(C(C)OC(=O)c3ccc(F)c(S(=O)(=O)N4CCOCC4)c3)[nH]c(=O)c2c1C. The lowest BCUT2D eigenvalue weighted by atomic mass is 10.2. The van der Waals surface area contributed by atoms with Crippen LogP contribution in [-0.2, 0) is 19.5 Å². The third-order valence-corrected chi connectivity index (χ3v) is 8.50. The highest BCUT2D eigenvalue weighted by Crippen LogP contribution is 2.27. The van der Waals surface area contributed by atoms with Crippen molar-refractivity contribution in [2.24, 2.45) is 0 Å². The molecular formula is C21H22FN3O6S2. The largest absolute Gasteiger partial charge is 0.451 e. The summed E-state index contributed by atoms with van der Waals surface area (Å²) < 4.78 is 51.8. The molecule has 1 atom stereocenters. The molecule has 0 bridgehead atoms. The molecule has 1 aliphatic heterocycles. The fourth-order valence-corrected chi connectivity index (χ4v) is 6.04. The minimum atomic E-state index is -4.15. The molecule has 1 aliphatic rings. The second-order valence-electron chi connectivity index (χ2n) is 7.62. The first-order valence-corrected chi connectivity index (χ1v) is 12.4. The molecule has 1 unspecified atom stereocenters. The molecule has 0 aliphatic carbocycles. The van der Waals surface area contributed by atoms with Crippen LogP contribution in [0.2, 0.25) is 0 Å². The molecule has 0 spiro atoms. The molecule has 1 aromatic carbocycles. The van der Waals surface area contributed by atoms with E-state index in [0.717, 1.165) is 32.9 Å². The second-order valence-corrected chi connectivity index (χ2v) is 10.7. The van der Waals surface area contributed by atoms with Crippen molar-refractivity contribution in [3.05, 3.63) is 56.2 Å². The van der Waals surface area contributed by atoms with E-state index in [2.05, 4.69) is 9.97 Å². The van der Waals surface area contributed by atoms with Crippen LogP contribution < -0.4 is 5.56 Å². The normalized spacial score (nSPS) is 16.1. The van der Waals surface area contributed by atoms with Crippen LogP contribution in [0, 0.1) is 19.7 Å². The van der Waals surface area contributed by atoms with Crippen molar-refractivity contribution >= 4 is 37.5 Å². The van der Waals surface area contributed by atoms with E-state index in [9.17, 15) is 22.4 Å². The number of thiophene rings is 1. The standard InChI is InChI=1S/C21H22FN3O6S2/c1-11-13(3)32-20-17(11)19(26)23-18(24-20)12(2)31-21(27)14-4-5-15(22)16(10-14)33(28,29)25-6-8-30-9-7-25/h4-5,10,12H,6-9H2,1-3H3,(H,23,24,26). The van der Waals surface area contributed by atoms with E-state index in [1.807, 2.05) is 13.8 Å². The minimum Gasteiger partial charge on any atom is -0.451 e. The van der Waals surface area contributed by atoms with E-state index in [1.165, 1.54) is 18.3 Å². The van der Waals surface area contributed by atoms with Gasteiger partial charge in [-0.05, 0) is 44.5 Å². The maximum Gasteiger partial charge on any atom is 0.338 e. The van der Waals surface area contributed by atoms with Crippen molar-refractivity contribution in [2.75, 3.05) is 26.3 Å². The van der Waals surface area contributed by atoms with Gasteiger partial charge in [0.25, 0.3) is 5.56 Å². The summed E-state index contributed by atoms with van der Waals surface area (Å²) in [6, 6.07) is 3.02. The second kappa shape index (κ2) is 8.93. The number of ether oxygens (including phenoxy) is 2. The number of esters is 1. The van der Waals surface area contributed by atoms with Crippen LogP contribution >= 0.6 is 11.3 Å². The molecule has 2 aromatic heterocycles. The smallest absolute Gasteiger partial charge is 0.338 e. The summed E-state index contributed by atoms with van der Waals surface area (Å²) in [5, 5.41) is 0.497. The van der Waals surface area contributed by atoms with Gasteiger partial charge < -0.3 is 14.5 Å². The number of morpholine rings is 1. The Hall–Kier alpha value is -2.67. The van der Waals surface area contributed by atoms with Gasteiger partial charge in [0.05, 0.1) is 24.2 Å². The number of hydrogen-bond donors (Lipinski definition) is 1. The molecule has 0 radical (unpaired) electrons. The third kappa shape index (κ3) is 4.43. The van der Waals surface area contributed by atoms with Gasteiger partial charge in [0.15, 0.2) is 11.9 Å². The zero-order valence-corrected chi connectivity index (χ0v) is 19.8. The van der Waals surface area contributed by atoms with Gasteiger partial charge >= 0.3 is 5.97 Å². The Balaban J connectivity index is 1.59. The Morgan fingerprint density at radius 1 is 1.30 bits per heavy atom. The first kappa shape index (κ1) is 23.5. The predicted octanol–water partition coefficient (Wildman–Crippen LogP) is 2.68. The van der Waals surface area contributed by atoms with Gasteiger partial charge in [-0.1, -0.05) is 0 Å². The lowest BCUT2D eigenvalue weighted by molar-refractivity contribution is 0.0319. The summed E-state index contributed by atoms with van der Waals surface area (Å²) in [7, 11) is -4.15. The topological polar surface area (TPSA) is 119 Å². The number of rotatable bonds is 5. The van der Waals surface area contributed by atoms with Crippen molar-refractivity contribution in [2.45, 2.75) is 31.8 Å². The highest BCUT2D eigenvalue weighted by atomic mass is 32.2. The summed E-state index contributed by atoms with van der Waals surface area (Å²) in [5.41, 5.74) is 0.377. The van der Waals surface area contributed by atoms with Gasteiger partial charge in [-0.2, -0.15) is 4.31 Å². The fourth-order valence-electron chi connectivity index (χ4n) is 3.50. The number of aromatic amines is 1. The van der Waals surface area contributed by atoms with Crippen molar-refractivity contribution in [1.29, 1.82) is 0 Å². The van der Waals surface area contributed by atoms with E-state index >= 15 is 0 Å². The highest BCUT2D eigenvalue weighted by molar-refractivity contribution is 7.89. The third-order valence-electron chi connectivity index (χ3n) is 5.48. The highest BCUT2D eigenvalue weighted by Gasteiger charge is 2.30. The molecule has 0 saturated carbocycles. The summed E-state index contributed by atoms with van der Waals surface area (Å²) in [5.74, 6) is -1.68. The number of H-pyrrole nitrogens is 1. The number of sulfonamides is 1. The van der Waals surface area contributed by atoms with Gasteiger partial charge in [-0.3, -0.25) is 4.79 Å². The van der Waals surface area contributed by atoms with Crippen LogP contribution in [0.15, 0.2) is 27.9 Å². The Bertz CT molecular complexity index is 1390. The summed E-state index contributed by atoms with van der Waals surface area (Å²) in [6.45, 7) is 5.86. The van der Waals surface area contributed by atoms with Gasteiger partial charge in [0.1, 0.15) is 15.5 Å². The lowest BCUT2D eigenvalue weighted by Crippen LogP contribution is -2.41. The van der Waals surface area contributed by atoms with Crippen LogP contribution in [0.4, 0.5) is 4.39 Å². The van der Waals surface area contributed by atoms with Gasteiger partial charge in [-0.15, -0.1) is 11.3 Å². The van der Waals surface area contributed by atoms with Gasteiger partial charge in [-0.25, -0.2) is 22.6 Å². The van der Waals surface area contributed by atoms with Gasteiger partial charge in [0.2, 0.25) is 10.0 Å². The van der Waals surface area contributed by atoms with E-state index in [1.54, 1.807) is 0 Å². The van der Waals surface area contributed by atoms with Crippen LogP contribution in [-0.4, -0.2) is 55.0 Å². The molecule has 1 fully saturated rings. The summed E-state index contributed by atoms with van der Waals surface area (Å²) >= 11 is 1.37. The maximum absolute atomic E-state index is 14.4. The van der Waals surface area contributed by atoms with Crippen molar-refractivity contribution in [3.63, 3.8) is 0 Å². The number of aryl methyl sites for hydroxylation is 2. The number of carbonyl (C=O) groups excluding carboxylic acids is 1. The molecule has 0 amide bonds. The summed E-state index contributed by atoms with van der Waals surface area (Å²) in [4.78, 5) is 33.1. The molecule has 33 heavy (non-hydrogen) atoms. The first-order chi connectivity index (χ1) is 15.6. The average Bonchev–Trinajstić information content (AvgIpc) is 3.08. The quantitative estimate of drug-likeness (QED) is 0.541. The Labute approximate surface area is 193 Å². The predicted molar refractivity (Wildman–Crippen MR) is 120 cm³/mol. The molecule has 1 N–H and O–H groups in total. The van der Waals surface area contributed by atoms with Gasteiger partial charge in [0, 0.05) is 18.0 Å². The molecule has 3 aromatic rings. The molecule has 176 valence electrons. The molecule has 12 heteroatoms. The number of benzene rings is 1. The number of hydrogen-bond acceptors (Lipinski definition) is 8. The number of aromatic nitrogens is 2. The number of halogens is 1. The number of nitrogens with one attached hydrogen (secondary N) is 1. The Morgan fingerprint density at radius 2 is 2.00 bits per heavy atom. The van der Waals surface area contributed by atoms with Crippen molar-refractivity contribution < 1.29 is 27.1 Å². The average molecular weight is 496 g/mol. The monoisotopic (exact) mass is 495 g/mol. The zero-order chi connectivity index (χ0) is 23.9. The minimum absolute atomic E-state index is 0.0939. The van der Waals surface area contributed by atoms with Crippen molar-refractivity contribution in [3.8, 4) is 0 Å². The molecule has 4 rings (SSSR count). The van der Waals surface area contributed by atoms with Crippen LogP contribution in [0.3, 0.4) is 0 Å². The Kier molecular flexibility index (Phi) is 6.36. The first-order valence-electron chi connectivity index (χ1n) is 10.2. The zero-order valence-electron chi connectivity index (χ0n) is 18.2. The fraction of sp³-hybridized carbons (Fsp3) is 0.381. The maximum atomic E-state index is 14.4. The lowest BCUT2D eigenvalue weighted by Gasteiger charge is -2.26. The van der Waals surface area contributed by atoms with Crippen molar-refractivity contribution in [1.82, 2.24) is 14.3 Å². The number of carbonyl (C=O) groups is 1. The number of fused-ring (bicyclic) bond motifs is 1. The van der Waals surface area contributed by atoms with Crippen LogP contribution in [0.5, 0.6) is 0 Å². The summed E-state index contributed by atoms with van der Waals surface area (Å²) in [6.07, 6.45) is -0.929. The van der Waals surface area contributed by atoms with Crippen LogP contribution in [0.25, 0.3) is 10.2 Å². The van der Waals surface area contributed by atoms with E-state index in [0.29, 0.717) is 10.2 Å². The molecule has 3 heterocycles.